The quantitative estimate of drug-likeness (QED) is 0.742. The second-order valence-corrected chi connectivity index (χ2v) is 8.10. The van der Waals surface area contributed by atoms with Crippen LogP contribution in [0.2, 0.25) is 0 Å². The maximum Gasteiger partial charge on any atom is 0.318 e. The fourth-order valence-electron chi connectivity index (χ4n) is 3.83. The van der Waals surface area contributed by atoms with Gasteiger partial charge >= 0.3 is 6.03 Å². The normalized spacial score (nSPS) is 16.4. The monoisotopic (exact) mass is 385 g/mol. The molecule has 3 rings (SSSR count). The molecule has 0 aliphatic carbocycles. The Morgan fingerprint density at radius 3 is 2.52 bits per heavy atom. The summed E-state index contributed by atoms with van der Waals surface area (Å²) in [6.07, 6.45) is 1.92. The zero-order valence-electron chi connectivity index (χ0n) is 16.7. The van der Waals surface area contributed by atoms with E-state index in [1.54, 1.807) is 0 Å². The first-order chi connectivity index (χ1) is 13.2. The van der Waals surface area contributed by atoms with Gasteiger partial charge in [-0.1, -0.05) is 45.0 Å². The third kappa shape index (κ3) is 4.71. The topological polar surface area (TPSA) is 35.6 Å². The Balaban J connectivity index is 1.56. The fourth-order valence-corrected chi connectivity index (χ4v) is 4.76. The number of nitrogens with zero attached hydrogens (tertiary/aromatic N) is 2. The predicted octanol–water partition coefficient (Wildman–Crippen LogP) is 4.81. The number of benzene rings is 1. The summed E-state index contributed by atoms with van der Waals surface area (Å²) in [6, 6.07) is 11.0. The van der Waals surface area contributed by atoms with Crippen molar-refractivity contribution in [1.29, 1.82) is 0 Å². The van der Waals surface area contributed by atoms with Crippen molar-refractivity contribution in [3.63, 3.8) is 0 Å². The minimum atomic E-state index is 0.0471. The molecule has 0 radical (unpaired) electrons. The molecule has 146 valence electrons. The van der Waals surface area contributed by atoms with Gasteiger partial charge in [-0.2, -0.15) is 0 Å². The van der Waals surface area contributed by atoms with Gasteiger partial charge in [-0.05, 0) is 54.1 Å². The molecule has 0 saturated heterocycles. The molecule has 0 spiro atoms. The Kier molecular flexibility index (Phi) is 6.91. The summed E-state index contributed by atoms with van der Waals surface area (Å²) in [7, 11) is 0. The number of carbonyl (C=O) groups is 1. The van der Waals surface area contributed by atoms with Gasteiger partial charge < -0.3 is 10.2 Å². The van der Waals surface area contributed by atoms with Gasteiger partial charge in [-0.15, -0.1) is 11.3 Å². The second kappa shape index (κ2) is 9.38. The molecule has 0 saturated carbocycles. The van der Waals surface area contributed by atoms with Crippen molar-refractivity contribution < 1.29 is 4.79 Å². The Bertz CT molecular complexity index is 736. The van der Waals surface area contributed by atoms with Gasteiger partial charge in [0.25, 0.3) is 0 Å². The van der Waals surface area contributed by atoms with E-state index in [1.807, 2.05) is 16.2 Å². The first kappa shape index (κ1) is 19.9. The summed E-state index contributed by atoms with van der Waals surface area (Å²) < 4.78 is 0. The summed E-state index contributed by atoms with van der Waals surface area (Å²) in [5.41, 5.74) is 3.80. The van der Waals surface area contributed by atoms with Gasteiger partial charge in [0.05, 0.1) is 6.04 Å². The minimum absolute atomic E-state index is 0.0471. The molecule has 2 heterocycles. The van der Waals surface area contributed by atoms with E-state index < -0.39 is 0 Å². The lowest BCUT2D eigenvalue weighted by molar-refractivity contribution is 0.167. The van der Waals surface area contributed by atoms with Crippen molar-refractivity contribution >= 4 is 17.4 Å². The average molecular weight is 386 g/mol. The van der Waals surface area contributed by atoms with E-state index in [0.717, 1.165) is 44.6 Å². The standard InChI is InChI=1S/C22H31N3OS/c1-4-20-19-12-14-27-21(19)11-13-25(20)22(26)23-15-17-7-9-18(10-8-17)16-24(5-2)6-3/h7-10,12,14,20H,4-6,11,13,15-16H2,1-3H3,(H,23,26). The van der Waals surface area contributed by atoms with E-state index in [0.29, 0.717) is 6.54 Å². The van der Waals surface area contributed by atoms with Crippen LogP contribution in [0.5, 0.6) is 0 Å². The largest absolute Gasteiger partial charge is 0.334 e. The van der Waals surface area contributed by atoms with Crippen LogP contribution >= 0.6 is 11.3 Å². The van der Waals surface area contributed by atoms with Crippen LogP contribution in [0.15, 0.2) is 35.7 Å². The highest BCUT2D eigenvalue weighted by molar-refractivity contribution is 7.10. The van der Waals surface area contributed by atoms with Crippen LogP contribution in [0.4, 0.5) is 4.79 Å². The number of nitrogens with one attached hydrogen (secondary N) is 1. The molecular formula is C22H31N3OS. The molecule has 4 nitrogen and oxygen atoms in total. The minimum Gasteiger partial charge on any atom is -0.334 e. The lowest BCUT2D eigenvalue weighted by Gasteiger charge is -2.35. The third-order valence-corrected chi connectivity index (χ3v) is 6.51. The average Bonchev–Trinajstić information content (AvgIpc) is 3.19. The molecule has 1 aliphatic heterocycles. The highest BCUT2D eigenvalue weighted by Crippen LogP contribution is 2.35. The first-order valence-corrected chi connectivity index (χ1v) is 10.9. The molecule has 1 aliphatic rings. The molecule has 1 atom stereocenters. The molecule has 1 aromatic heterocycles. The molecule has 1 N–H and O–H groups in total. The Labute approximate surface area is 167 Å². The van der Waals surface area contributed by atoms with E-state index in [9.17, 15) is 4.79 Å². The molecule has 0 fully saturated rings. The fraction of sp³-hybridized carbons (Fsp3) is 0.500. The van der Waals surface area contributed by atoms with E-state index in [1.165, 1.54) is 16.0 Å². The highest BCUT2D eigenvalue weighted by Gasteiger charge is 2.30. The first-order valence-electron chi connectivity index (χ1n) is 10.1. The maximum atomic E-state index is 12.8. The van der Waals surface area contributed by atoms with Gasteiger partial charge in [0.1, 0.15) is 0 Å². The van der Waals surface area contributed by atoms with Crippen molar-refractivity contribution in [2.75, 3.05) is 19.6 Å². The van der Waals surface area contributed by atoms with Crippen LogP contribution in [0.1, 0.15) is 54.8 Å². The lowest BCUT2D eigenvalue weighted by Crippen LogP contribution is -2.44. The van der Waals surface area contributed by atoms with Crippen LogP contribution in [0.3, 0.4) is 0 Å². The van der Waals surface area contributed by atoms with E-state index >= 15 is 0 Å². The number of carbonyl (C=O) groups excluding carboxylic acids is 1. The van der Waals surface area contributed by atoms with Gasteiger partial charge in [-0.25, -0.2) is 4.79 Å². The number of urea groups is 1. The van der Waals surface area contributed by atoms with E-state index in [4.69, 9.17) is 0 Å². The molecule has 2 amide bonds. The van der Waals surface area contributed by atoms with Gasteiger partial charge in [0.15, 0.2) is 0 Å². The van der Waals surface area contributed by atoms with Crippen LogP contribution in [0, 0.1) is 0 Å². The van der Waals surface area contributed by atoms with Crippen molar-refractivity contribution in [2.45, 2.75) is 52.7 Å². The summed E-state index contributed by atoms with van der Waals surface area (Å²) in [5.74, 6) is 0. The molecule has 27 heavy (non-hydrogen) atoms. The number of hydrogen-bond acceptors (Lipinski definition) is 3. The van der Waals surface area contributed by atoms with Crippen molar-refractivity contribution in [2.24, 2.45) is 0 Å². The van der Waals surface area contributed by atoms with Crippen LogP contribution in [0.25, 0.3) is 0 Å². The molecule has 1 unspecified atom stereocenters. The second-order valence-electron chi connectivity index (χ2n) is 7.10. The molecular weight excluding hydrogens is 354 g/mol. The number of rotatable bonds is 7. The Morgan fingerprint density at radius 1 is 1.15 bits per heavy atom. The third-order valence-electron chi connectivity index (χ3n) is 5.51. The molecule has 2 aromatic rings. The number of thiophene rings is 1. The number of hydrogen-bond donors (Lipinski definition) is 1. The predicted molar refractivity (Wildman–Crippen MR) is 113 cm³/mol. The van der Waals surface area contributed by atoms with Gasteiger partial charge in [0.2, 0.25) is 0 Å². The zero-order chi connectivity index (χ0) is 19.2. The Morgan fingerprint density at radius 2 is 1.85 bits per heavy atom. The lowest BCUT2D eigenvalue weighted by atomic mass is 9.98. The van der Waals surface area contributed by atoms with E-state index in [-0.39, 0.29) is 12.1 Å². The van der Waals surface area contributed by atoms with Crippen LogP contribution in [-0.4, -0.2) is 35.5 Å². The molecule has 1 aromatic carbocycles. The van der Waals surface area contributed by atoms with Gasteiger partial charge in [-0.3, -0.25) is 4.90 Å². The Hall–Kier alpha value is -1.85. The molecule has 0 bridgehead atoms. The summed E-state index contributed by atoms with van der Waals surface area (Å²) >= 11 is 1.82. The molecule has 5 heteroatoms. The SMILES string of the molecule is CCC1c2ccsc2CCN1C(=O)NCc1ccc(CN(CC)CC)cc1. The number of fused-ring (bicyclic) bond motifs is 1. The summed E-state index contributed by atoms with van der Waals surface area (Å²) in [6.45, 7) is 11.0. The van der Waals surface area contributed by atoms with Crippen LogP contribution in [-0.2, 0) is 19.5 Å². The van der Waals surface area contributed by atoms with Crippen molar-refractivity contribution in [1.82, 2.24) is 15.1 Å². The van der Waals surface area contributed by atoms with Gasteiger partial charge in [0, 0.05) is 24.5 Å². The van der Waals surface area contributed by atoms with Crippen molar-refractivity contribution in [3.8, 4) is 0 Å². The zero-order valence-corrected chi connectivity index (χ0v) is 17.5. The van der Waals surface area contributed by atoms with Crippen molar-refractivity contribution in [3.05, 3.63) is 57.3 Å². The maximum absolute atomic E-state index is 12.8. The van der Waals surface area contributed by atoms with E-state index in [2.05, 4.69) is 66.7 Å². The highest BCUT2D eigenvalue weighted by atomic mass is 32.1. The van der Waals surface area contributed by atoms with Crippen LogP contribution < -0.4 is 5.32 Å². The summed E-state index contributed by atoms with van der Waals surface area (Å²) in [5, 5.41) is 5.27. The number of amides is 2. The smallest absolute Gasteiger partial charge is 0.318 e. The summed E-state index contributed by atoms with van der Waals surface area (Å²) in [4.78, 5) is 18.6.